The lowest BCUT2D eigenvalue weighted by molar-refractivity contribution is -0.114. The van der Waals surface area contributed by atoms with E-state index in [1.807, 2.05) is 0 Å². The third-order valence-electron chi connectivity index (χ3n) is 3.18. The van der Waals surface area contributed by atoms with Gasteiger partial charge in [0.2, 0.25) is 5.91 Å². The minimum Gasteiger partial charge on any atom is -0.375 e. The van der Waals surface area contributed by atoms with Gasteiger partial charge in [-0.25, -0.2) is 13.4 Å². The van der Waals surface area contributed by atoms with Crippen molar-refractivity contribution in [1.29, 1.82) is 0 Å². The molecule has 0 aromatic carbocycles. The van der Waals surface area contributed by atoms with Crippen molar-refractivity contribution in [3.63, 3.8) is 0 Å². The fourth-order valence-corrected chi connectivity index (χ4v) is 5.22. The van der Waals surface area contributed by atoms with Crippen LogP contribution in [0.3, 0.4) is 0 Å². The van der Waals surface area contributed by atoms with E-state index in [1.165, 1.54) is 17.4 Å². The number of aromatic nitrogens is 1. The quantitative estimate of drug-likeness (QED) is 0.865. The van der Waals surface area contributed by atoms with Gasteiger partial charge in [0.15, 0.2) is 9.34 Å². The van der Waals surface area contributed by atoms with Crippen LogP contribution in [0.15, 0.2) is 10.4 Å². The number of anilines is 1. The number of rotatable bonds is 3. The highest BCUT2D eigenvalue weighted by atomic mass is 32.2. The topological polar surface area (TPSA) is 88.6 Å². The number of nitrogens with zero attached hydrogens (tertiary/aromatic N) is 2. The highest BCUT2D eigenvalue weighted by molar-refractivity contribution is 7.91. The Labute approximate surface area is 114 Å². The summed E-state index contributed by atoms with van der Waals surface area (Å²) in [5.74, 6) is -0.271. The Morgan fingerprint density at radius 2 is 2.42 bits per heavy atom. The fraction of sp³-hybridized carbons (Fsp3) is 0.600. The van der Waals surface area contributed by atoms with Crippen LogP contribution in [0.2, 0.25) is 0 Å². The Hall–Kier alpha value is -1.03. The monoisotopic (exact) mass is 303 g/mol. The van der Waals surface area contributed by atoms with Gasteiger partial charge in [-0.05, 0) is 6.42 Å². The molecule has 1 amide bonds. The van der Waals surface area contributed by atoms with Gasteiger partial charge in [-0.15, -0.1) is 0 Å². The number of hydrogen-bond donors (Lipinski definition) is 1. The summed E-state index contributed by atoms with van der Waals surface area (Å²) in [6.45, 7) is 2.22. The number of ether oxygens (including phenoxy) is 1. The molecule has 9 heteroatoms. The maximum Gasteiger partial charge on any atom is 0.254 e. The van der Waals surface area contributed by atoms with E-state index in [0.717, 1.165) is 17.8 Å². The van der Waals surface area contributed by atoms with Gasteiger partial charge in [0.1, 0.15) is 0 Å². The Balaban J connectivity index is 1.84. The Morgan fingerprint density at radius 1 is 1.63 bits per heavy atom. The van der Waals surface area contributed by atoms with Crippen molar-refractivity contribution in [3.05, 3.63) is 6.20 Å². The van der Waals surface area contributed by atoms with E-state index < -0.39 is 10.0 Å². The van der Waals surface area contributed by atoms with Crippen molar-refractivity contribution in [2.24, 2.45) is 0 Å². The smallest absolute Gasteiger partial charge is 0.254 e. The standard InChI is InChI=1S/C10H13N3O4S2/c1-6(14)12-10-11-3-9(18-10)19(15,16)13-4-8-2-7(13)5-17-8/h3,7-8H,2,4-5H2,1H3,(H,11,12,14). The van der Waals surface area contributed by atoms with E-state index in [4.69, 9.17) is 4.74 Å². The van der Waals surface area contributed by atoms with Gasteiger partial charge in [0.05, 0.1) is 24.9 Å². The van der Waals surface area contributed by atoms with Crippen LogP contribution in [0.25, 0.3) is 0 Å². The van der Waals surface area contributed by atoms with Gasteiger partial charge < -0.3 is 10.1 Å². The largest absolute Gasteiger partial charge is 0.375 e. The van der Waals surface area contributed by atoms with Crippen molar-refractivity contribution in [3.8, 4) is 0 Å². The molecule has 2 atom stereocenters. The highest BCUT2D eigenvalue weighted by Gasteiger charge is 2.45. The van der Waals surface area contributed by atoms with Crippen molar-refractivity contribution in [2.45, 2.75) is 29.7 Å². The number of morpholine rings is 1. The third kappa shape index (κ3) is 2.27. The second-order valence-electron chi connectivity index (χ2n) is 4.59. The Bertz CT molecular complexity index is 612. The molecule has 104 valence electrons. The zero-order valence-corrected chi connectivity index (χ0v) is 11.8. The van der Waals surface area contributed by atoms with Crippen LogP contribution in [-0.4, -0.2) is 48.9 Å². The zero-order valence-electron chi connectivity index (χ0n) is 10.2. The number of carbonyl (C=O) groups is 1. The zero-order chi connectivity index (χ0) is 13.6. The van der Waals surface area contributed by atoms with Gasteiger partial charge in [0.25, 0.3) is 10.0 Å². The van der Waals surface area contributed by atoms with E-state index in [0.29, 0.717) is 18.3 Å². The van der Waals surface area contributed by atoms with Gasteiger partial charge in [-0.1, -0.05) is 11.3 Å². The van der Waals surface area contributed by atoms with E-state index >= 15 is 0 Å². The molecule has 19 heavy (non-hydrogen) atoms. The van der Waals surface area contributed by atoms with E-state index in [2.05, 4.69) is 10.3 Å². The fourth-order valence-electron chi connectivity index (χ4n) is 2.36. The first-order valence-corrected chi connectivity index (χ1v) is 8.09. The molecule has 1 aromatic heterocycles. The molecule has 2 saturated heterocycles. The van der Waals surface area contributed by atoms with Gasteiger partial charge in [-0.3, -0.25) is 4.79 Å². The summed E-state index contributed by atoms with van der Waals surface area (Å²) in [6.07, 6.45) is 2.07. The summed E-state index contributed by atoms with van der Waals surface area (Å²) in [5.41, 5.74) is 0. The molecule has 0 aliphatic carbocycles. The number of hydrogen-bond acceptors (Lipinski definition) is 6. The summed E-state index contributed by atoms with van der Waals surface area (Å²) >= 11 is 0.969. The number of fused-ring (bicyclic) bond motifs is 2. The van der Waals surface area contributed by atoms with Crippen LogP contribution in [0.1, 0.15) is 13.3 Å². The van der Waals surface area contributed by atoms with Crippen molar-refractivity contribution in [1.82, 2.24) is 9.29 Å². The molecular weight excluding hydrogens is 290 g/mol. The molecule has 3 rings (SSSR count). The number of carbonyl (C=O) groups excluding carboxylic acids is 1. The summed E-state index contributed by atoms with van der Waals surface area (Å²) in [6, 6.07) is -0.0682. The minimum atomic E-state index is -3.53. The molecule has 2 aliphatic rings. The lowest BCUT2D eigenvalue weighted by Crippen LogP contribution is -2.41. The van der Waals surface area contributed by atoms with E-state index in [-0.39, 0.29) is 22.3 Å². The number of nitrogens with one attached hydrogen (secondary N) is 1. The molecule has 0 radical (unpaired) electrons. The molecular formula is C10H13N3O4S2. The van der Waals surface area contributed by atoms with Crippen molar-refractivity contribution >= 4 is 32.4 Å². The first-order chi connectivity index (χ1) is 8.96. The summed E-state index contributed by atoms with van der Waals surface area (Å²) in [5, 5.41) is 2.78. The summed E-state index contributed by atoms with van der Waals surface area (Å²) in [7, 11) is -3.53. The van der Waals surface area contributed by atoms with E-state index in [1.54, 1.807) is 0 Å². The van der Waals surface area contributed by atoms with Gasteiger partial charge in [-0.2, -0.15) is 4.31 Å². The van der Waals surface area contributed by atoms with Gasteiger partial charge >= 0.3 is 0 Å². The van der Waals surface area contributed by atoms with Crippen LogP contribution in [-0.2, 0) is 19.6 Å². The van der Waals surface area contributed by atoms with Crippen molar-refractivity contribution < 1.29 is 17.9 Å². The molecule has 2 aliphatic heterocycles. The number of sulfonamides is 1. The molecule has 2 unspecified atom stereocenters. The van der Waals surface area contributed by atoms with Crippen LogP contribution in [0.4, 0.5) is 5.13 Å². The second-order valence-corrected chi connectivity index (χ2v) is 7.73. The first-order valence-electron chi connectivity index (χ1n) is 5.83. The van der Waals surface area contributed by atoms with Gasteiger partial charge in [0, 0.05) is 13.5 Å². The molecule has 0 saturated carbocycles. The molecule has 1 N–H and O–H groups in total. The molecule has 1 aromatic rings. The average Bonchev–Trinajstić information content (AvgIpc) is 3.02. The van der Waals surface area contributed by atoms with Crippen LogP contribution in [0.5, 0.6) is 0 Å². The van der Waals surface area contributed by atoms with Crippen molar-refractivity contribution in [2.75, 3.05) is 18.5 Å². The lowest BCUT2D eigenvalue weighted by Gasteiger charge is -2.25. The first kappa shape index (κ1) is 13.0. The molecule has 2 fully saturated rings. The molecule has 7 nitrogen and oxygen atoms in total. The highest BCUT2D eigenvalue weighted by Crippen LogP contribution is 2.35. The predicted octanol–water partition coefficient (Wildman–Crippen LogP) is 0.263. The maximum atomic E-state index is 12.5. The summed E-state index contributed by atoms with van der Waals surface area (Å²) in [4.78, 5) is 14.8. The third-order valence-corrected chi connectivity index (χ3v) is 6.45. The molecule has 0 spiro atoms. The predicted molar refractivity (Wildman–Crippen MR) is 68.5 cm³/mol. The SMILES string of the molecule is CC(=O)Nc1ncc(S(=O)(=O)N2CC3CC2CO3)s1. The van der Waals surface area contributed by atoms with E-state index in [9.17, 15) is 13.2 Å². The number of thiazole rings is 1. The minimum absolute atomic E-state index is 0.0162. The second kappa shape index (κ2) is 4.51. The number of amides is 1. The lowest BCUT2D eigenvalue weighted by atomic mass is 10.3. The van der Waals surface area contributed by atoms with Crippen LogP contribution >= 0.6 is 11.3 Å². The van der Waals surface area contributed by atoms with Crippen LogP contribution < -0.4 is 5.32 Å². The Kier molecular flexibility index (Phi) is 3.08. The molecule has 2 bridgehead atoms. The summed E-state index contributed by atoms with van der Waals surface area (Å²) < 4.78 is 31.9. The average molecular weight is 303 g/mol. The normalized spacial score (nSPS) is 26.8. The van der Waals surface area contributed by atoms with Crippen LogP contribution in [0, 0.1) is 0 Å². The Morgan fingerprint density at radius 3 is 3.00 bits per heavy atom. The maximum absolute atomic E-state index is 12.5. The molecule has 3 heterocycles.